The molecule has 1 atom stereocenters. The molecule has 6 rings (SSSR count). The second-order valence-electron chi connectivity index (χ2n) is 11.0. The van der Waals surface area contributed by atoms with E-state index in [1.807, 2.05) is 4.90 Å². The first-order valence-corrected chi connectivity index (χ1v) is 16.0. The minimum Gasteiger partial charge on any atom is -0.395 e. The van der Waals surface area contributed by atoms with Crippen molar-refractivity contribution in [3.63, 3.8) is 0 Å². The van der Waals surface area contributed by atoms with Crippen molar-refractivity contribution in [3.05, 3.63) is 34.3 Å². The number of piperidine rings is 2. The van der Waals surface area contributed by atoms with Crippen LogP contribution in [0.2, 0.25) is 4.34 Å². The number of aromatic nitrogens is 4. The van der Waals surface area contributed by atoms with Crippen LogP contribution < -0.4 is 14.9 Å². The molecule has 40 heavy (non-hydrogen) atoms. The Kier molecular flexibility index (Phi) is 7.05. The first-order chi connectivity index (χ1) is 19.0. The molecule has 0 amide bonds. The zero-order valence-electron chi connectivity index (χ0n) is 21.6. The number of halogens is 3. The smallest absolute Gasteiger partial charge is 0.251 e. The van der Waals surface area contributed by atoms with Gasteiger partial charge in [0, 0.05) is 39.0 Å². The van der Waals surface area contributed by atoms with Crippen molar-refractivity contribution in [1.82, 2.24) is 20.0 Å². The molecule has 4 heterocycles. The van der Waals surface area contributed by atoms with Crippen LogP contribution in [0.5, 0.6) is 0 Å². The molecule has 1 saturated carbocycles. The monoisotopic (exact) mass is 613 g/mol. The molecule has 3 N–H and O–H groups in total. The summed E-state index contributed by atoms with van der Waals surface area (Å²) in [6.45, 7) is 1.39. The number of hydrogen-bond acceptors (Lipinski definition) is 9. The van der Waals surface area contributed by atoms with Gasteiger partial charge in [-0.3, -0.25) is 0 Å². The van der Waals surface area contributed by atoms with Crippen LogP contribution in [-0.4, -0.2) is 72.2 Å². The second-order valence-corrected chi connectivity index (χ2v) is 14.3. The number of aliphatic hydroxyl groups is 1. The summed E-state index contributed by atoms with van der Waals surface area (Å²) in [5, 5.41) is 23.1. The number of rotatable bonds is 7. The van der Waals surface area contributed by atoms with Crippen LogP contribution in [0, 0.1) is 5.41 Å². The van der Waals surface area contributed by atoms with Crippen LogP contribution in [0.3, 0.4) is 0 Å². The Morgan fingerprint density at radius 1 is 1.05 bits per heavy atom. The van der Waals surface area contributed by atoms with E-state index in [2.05, 4.69) is 20.2 Å². The Morgan fingerprint density at radius 2 is 1.73 bits per heavy atom. The lowest BCUT2D eigenvalue weighted by Gasteiger charge is -2.35. The molecular weight excluding hydrogens is 584 g/mol. The predicted molar refractivity (Wildman–Crippen MR) is 150 cm³/mol. The molecule has 216 valence electrons. The van der Waals surface area contributed by atoms with Crippen molar-refractivity contribution in [2.45, 2.75) is 49.7 Å². The fourth-order valence-corrected chi connectivity index (χ4v) is 7.52. The molecule has 1 aliphatic carbocycles. The first-order valence-electron chi connectivity index (χ1n) is 13.2. The molecule has 1 unspecified atom stereocenters. The van der Waals surface area contributed by atoms with Crippen LogP contribution >= 0.6 is 22.9 Å². The summed E-state index contributed by atoms with van der Waals surface area (Å²) < 4.78 is 53.5. The minimum absolute atomic E-state index is 0.198. The third-order valence-corrected chi connectivity index (χ3v) is 10.9. The molecule has 3 aliphatic rings. The molecule has 0 radical (unpaired) electrons. The van der Waals surface area contributed by atoms with Gasteiger partial charge in [-0.15, -0.1) is 5.10 Å². The summed E-state index contributed by atoms with van der Waals surface area (Å²) >= 11 is 7.73. The van der Waals surface area contributed by atoms with E-state index in [0.29, 0.717) is 37.5 Å². The summed E-state index contributed by atoms with van der Waals surface area (Å²) in [6, 6.07) is 5.13. The van der Waals surface area contributed by atoms with Crippen molar-refractivity contribution >= 4 is 43.8 Å². The van der Waals surface area contributed by atoms with Gasteiger partial charge in [-0.2, -0.15) is 0 Å². The van der Waals surface area contributed by atoms with E-state index in [9.17, 15) is 22.3 Å². The Balaban J connectivity index is 1.32. The maximum atomic E-state index is 13.6. The number of primary sulfonamides is 1. The van der Waals surface area contributed by atoms with Gasteiger partial charge in [0.25, 0.3) is 5.92 Å². The Labute approximate surface area is 239 Å². The summed E-state index contributed by atoms with van der Waals surface area (Å²) in [4.78, 5) is 8.62. The standard InChI is InChI=1S/C25H30ClF2N7O3S2/c26-22-21(30-23(39-22)34-11-7-25(27,28)8-12-34)17-14-35(32-31-17)18-2-1-16(20(15-36)40(29,37)38)13-19(18)33-9-5-24(3-4-24)6-10-33/h1-2,13-14,20,36H,3-12,15H2,(H2,29,37,38). The fourth-order valence-electron chi connectivity index (χ4n) is 5.58. The summed E-state index contributed by atoms with van der Waals surface area (Å²) in [7, 11) is -4.02. The Morgan fingerprint density at radius 3 is 2.35 bits per heavy atom. The molecule has 15 heteroatoms. The third-order valence-electron chi connectivity index (χ3n) is 8.38. The fraction of sp³-hybridized carbons (Fsp3) is 0.560. The van der Waals surface area contributed by atoms with Crippen LogP contribution in [-0.2, 0) is 10.0 Å². The lowest BCUT2D eigenvalue weighted by Crippen LogP contribution is -2.39. The quantitative estimate of drug-likeness (QED) is 0.409. The average Bonchev–Trinajstić information content (AvgIpc) is 3.29. The number of nitrogens with zero attached hydrogens (tertiary/aromatic N) is 6. The van der Waals surface area contributed by atoms with Crippen LogP contribution in [0.15, 0.2) is 24.4 Å². The lowest BCUT2D eigenvalue weighted by atomic mass is 9.93. The number of aliphatic hydroxyl groups excluding tert-OH is 1. The molecule has 3 fully saturated rings. The number of hydrogen-bond donors (Lipinski definition) is 2. The minimum atomic E-state index is -4.02. The van der Waals surface area contributed by atoms with E-state index in [1.165, 1.54) is 24.2 Å². The Bertz CT molecular complexity index is 1510. The summed E-state index contributed by atoms with van der Waals surface area (Å²) in [5.74, 6) is -2.66. The average molecular weight is 614 g/mol. The highest BCUT2D eigenvalue weighted by Gasteiger charge is 2.44. The van der Waals surface area contributed by atoms with Gasteiger partial charge >= 0.3 is 0 Å². The maximum absolute atomic E-state index is 13.6. The van der Waals surface area contributed by atoms with Gasteiger partial charge in [-0.05, 0) is 48.8 Å². The van der Waals surface area contributed by atoms with Crippen LogP contribution in [0.1, 0.15) is 49.3 Å². The molecule has 3 aromatic rings. The molecule has 0 bridgehead atoms. The molecule has 2 aliphatic heterocycles. The number of anilines is 2. The largest absolute Gasteiger partial charge is 0.395 e. The highest BCUT2D eigenvalue weighted by atomic mass is 35.5. The number of nitrogens with two attached hydrogens (primary N) is 1. The molecule has 10 nitrogen and oxygen atoms in total. The van der Waals surface area contributed by atoms with Crippen LogP contribution in [0.25, 0.3) is 17.1 Å². The summed E-state index contributed by atoms with van der Waals surface area (Å²) in [6.07, 6.45) is 5.84. The van der Waals surface area contributed by atoms with Crippen molar-refractivity contribution in [2.75, 3.05) is 42.6 Å². The predicted octanol–water partition coefficient (Wildman–Crippen LogP) is 3.98. The van der Waals surface area contributed by atoms with Crippen molar-refractivity contribution in [1.29, 1.82) is 0 Å². The number of thiazole rings is 1. The molecule has 2 saturated heterocycles. The number of benzene rings is 1. The molecular formula is C25H30ClF2N7O3S2. The van der Waals surface area contributed by atoms with Crippen LogP contribution in [0.4, 0.5) is 19.6 Å². The SMILES string of the molecule is NS(=O)(=O)C(CO)c1ccc(-n2cc(-c3nc(N4CCC(F)(F)CC4)sc3Cl)nn2)c(N2CCC3(CC2)CC3)c1. The van der Waals surface area contributed by atoms with E-state index in [1.54, 1.807) is 29.1 Å². The van der Waals surface area contributed by atoms with E-state index in [0.717, 1.165) is 31.6 Å². The molecule has 2 aromatic heterocycles. The topological polar surface area (TPSA) is 130 Å². The summed E-state index contributed by atoms with van der Waals surface area (Å²) in [5.41, 5.74) is 3.14. The highest BCUT2D eigenvalue weighted by Crippen LogP contribution is 2.54. The number of alkyl halides is 2. The van der Waals surface area contributed by atoms with Gasteiger partial charge in [-0.1, -0.05) is 34.2 Å². The molecule has 1 aromatic carbocycles. The van der Waals surface area contributed by atoms with E-state index < -0.39 is 27.8 Å². The zero-order valence-corrected chi connectivity index (χ0v) is 24.0. The third kappa shape index (κ3) is 5.43. The van der Waals surface area contributed by atoms with Gasteiger partial charge in [0.15, 0.2) is 5.13 Å². The normalized spacial score (nSPS) is 21.1. The van der Waals surface area contributed by atoms with Gasteiger partial charge in [0.2, 0.25) is 10.0 Å². The van der Waals surface area contributed by atoms with E-state index in [4.69, 9.17) is 16.7 Å². The van der Waals surface area contributed by atoms with Gasteiger partial charge in [0.05, 0.1) is 24.2 Å². The molecule has 1 spiro atoms. The van der Waals surface area contributed by atoms with E-state index >= 15 is 0 Å². The lowest BCUT2D eigenvalue weighted by molar-refractivity contribution is -0.0220. The van der Waals surface area contributed by atoms with E-state index in [-0.39, 0.29) is 25.9 Å². The van der Waals surface area contributed by atoms with Gasteiger partial charge in [-0.25, -0.2) is 32.0 Å². The highest BCUT2D eigenvalue weighted by molar-refractivity contribution is 7.89. The zero-order chi connectivity index (χ0) is 28.3. The van der Waals surface area contributed by atoms with Crippen molar-refractivity contribution in [2.24, 2.45) is 10.6 Å². The second kappa shape index (κ2) is 10.2. The van der Waals surface area contributed by atoms with Gasteiger partial charge in [0.1, 0.15) is 21.0 Å². The first kappa shape index (κ1) is 27.8. The van der Waals surface area contributed by atoms with Gasteiger partial charge < -0.3 is 14.9 Å². The Hall–Kier alpha value is -2.39. The van der Waals surface area contributed by atoms with Crippen molar-refractivity contribution in [3.8, 4) is 17.1 Å². The number of sulfonamides is 1. The maximum Gasteiger partial charge on any atom is 0.251 e. The van der Waals surface area contributed by atoms with Crippen molar-refractivity contribution < 1.29 is 22.3 Å².